The second-order valence-electron chi connectivity index (χ2n) is 14.4. The van der Waals surface area contributed by atoms with E-state index in [1.807, 2.05) is 0 Å². The van der Waals surface area contributed by atoms with E-state index in [1.165, 1.54) is 19.2 Å². The maximum Gasteiger partial charge on any atom is 0.249 e. The Morgan fingerprint density at radius 2 is 1.76 bits per heavy atom. The summed E-state index contributed by atoms with van der Waals surface area (Å²) in [5.74, 6) is 2.10. The van der Waals surface area contributed by atoms with Gasteiger partial charge in [-0.15, -0.1) is 5.54 Å². The van der Waals surface area contributed by atoms with Crippen LogP contribution < -0.4 is 14.4 Å². The van der Waals surface area contributed by atoms with Gasteiger partial charge in [0.05, 0.1) is 17.7 Å². The maximum absolute atomic E-state index is 17.3. The number of ether oxygens (including phenoxy) is 3. The molecule has 1 fully saturated rings. The molecule has 0 bridgehead atoms. The molecule has 0 aliphatic carbocycles. The van der Waals surface area contributed by atoms with Crippen LogP contribution >= 0.6 is 0 Å². The number of aromatic nitrogens is 3. The minimum atomic E-state index is -4.02. The fourth-order valence-electron chi connectivity index (χ4n) is 7.96. The summed E-state index contributed by atoms with van der Waals surface area (Å²) in [6, 6.07) is 5.56. The summed E-state index contributed by atoms with van der Waals surface area (Å²) in [6.45, 7) is 13.3. The first kappa shape index (κ1) is 36.9. The van der Waals surface area contributed by atoms with Crippen molar-refractivity contribution in [3.05, 3.63) is 41.5 Å². The largest absolute Gasteiger partial charge is 0.475 e. The molecule has 6 rings (SSSR count). The second kappa shape index (κ2) is 13.9. The molecule has 1 saturated heterocycles. The van der Waals surface area contributed by atoms with Crippen molar-refractivity contribution in [1.29, 1.82) is 0 Å². The number of anilines is 1. The molecular formula is C37H44F2N4O6SSi. The molecule has 0 spiro atoms. The molecule has 2 aromatic heterocycles. The molecule has 0 saturated carbocycles. The highest BCUT2D eigenvalue weighted by atomic mass is 32.2. The molecule has 2 atom stereocenters. The fraction of sp³-hybridized carbons (Fsp3) is 0.486. The maximum atomic E-state index is 17.3. The van der Waals surface area contributed by atoms with Crippen molar-refractivity contribution >= 4 is 45.4 Å². The van der Waals surface area contributed by atoms with Crippen LogP contribution in [0.2, 0.25) is 16.6 Å². The second-order valence-corrected chi connectivity index (χ2v) is 21.9. The molecule has 4 aromatic rings. The van der Waals surface area contributed by atoms with E-state index in [0.717, 1.165) is 6.26 Å². The molecular weight excluding hydrogens is 695 g/mol. The number of nitrogens with zero attached hydrogens (tertiary/aromatic N) is 4. The van der Waals surface area contributed by atoms with Gasteiger partial charge in [0.2, 0.25) is 20.9 Å². The first-order valence-electron chi connectivity index (χ1n) is 17.2. The number of pyridine rings is 1. The SMILES string of the molecule is COCOc1cc(-c2nc3c4c(nc(S(C)(=O)=O)nc4c2F)N2CCC[C@@H](O)[C@H]2CO3)c2c(C#C[Si](C(C)C)(C(C)C)C(C)C)c(F)ccc2c1. The number of sulfone groups is 1. The van der Waals surface area contributed by atoms with Crippen LogP contribution in [-0.4, -0.2) is 82.0 Å². The Bertz CT molecular complexity index is 2170. The highest BCUT2D eigenvalue weighted by molar-refractivity contribution is 7.90. The molecule has 272 valence electrons. The number of halogens is 2. The van der Waals surface area contributed by atoms with E-state index in [9.17, 15) is 13.5 Å². The van der Waals surface area contributed by atoms with Gasteiger partial charge >= 0.3 is 0 Å². The van der Waals surface area contributed by atoms with Gasteiger partial charge in [-0.2, -0.15) is 0 Å². The van der Waals surface area contributed by atoms with Gasteiger partial charge in [-0.1, -0.05) is 53.5 Å². The van der Waals surface area contributed by atoms with Crippen molar-refractivity contribution in [2.24, 2.45) is 0 Å². The van der Waals surface area contributed by atoms with Crippen molar-refractivity contribution in [2.45, 2.75) is 88.3 Å². The number of fused-ring (bicyclic) bond motifs is 3. The van der Waals surface area contributed by atoms with E-state index >= 15 is 8.78 Å². The molecule has 51 heavy (non-hydrogen) atoms. The molecule has 1 N–H and O–H groups in total. The number of hydrogen-bond donors (Lipinski definition) is 1. The van der Waals surface area contributed by atoms with Crippen LogP contribution in [0.5, 0.6) is 11.6 Å². The van der Waals surface area contributed by atoms with Gasteiger partial charge in [-0.25, -0.2) is 32.2 Å². The van der Waals surface area contributed by atoms with Crippen LogP contribution in [-0.2, 0) is 14.6 Å². The van der Waals surface area contributed by atoms with E-state index < -0.39 is 46.8 Å². The molecule has 0 unspecified atom stereocenters. The Morgan fingerprint density at radius 1 is 1.06 bits per heavy atom. The molecule has 10 nitrogen and oxygen atoms in total. The van der Waals surface area contributed by atoms with Gasteiger partial charge in [0, 0.05) is 30.9 Å². The zero-order chi connectivity index (χ0) is 37.0. The van der Waals surface area contributed by atoms with Crippen molar-refractivity contribution in [1.82, 2.24) is 15.0 Å². The van der Waals surface area contributed by atoms with Gasteiger partial charge in [-0.3, -0.25) is 0 Å². The first-order chi connectivity index (χ1) is 24.1. The number of aliphatic hydroxyl groups is 1. The zero-order valence-electron chi connectivity index (χ0n) is 30.2. The van der Waals surface area contributed by atoms with Crippen LogP contribution in [0.15, 0.2) is 29.4 Å². The van der Waals surface area contributed by atoms with E-state index in [1.54, 1.807) is 17.0 Å². The summed E-state index contributed by atoms with van der Waals surface area (Å²) < 4.78 is 76.2. The number of benzene rings is 2. The smallest absolute Gasteiger partial charge is 0.249 e. The number of rotatable bonds is 8. The summed E-state index contributed by atoms with van der Waals surface area (Å²) in [5.41, 5.74) is 4.09. The Labute approximate surface area is 298 Å². The van der Waals surface area contributed by atoms with Crippen molar-refractivity contribution in [3.63, 3.8) is 0 Å². The number of aliphatic hydroxyl groups excluding tert-OH is 1. The van der Waals surface area contributed by atoms with Gasteiger partial charge in [0.25, 0.3) is 0 Å². The average Bonchev–Trinajstić information content (AvgIpc) is 3.23. The third-order valence-electron chi connectivity index (χ3n) is 10.4. The Hall–Kier alpha value is -3.90. The third kappa shape index (κ3) is 6.43. The van der Waals surface area contributed by atoms with Crippen LogP contribution in [0.4, 0.5) is 14.6 Å². The quantitative estimate of drug-likeness (QED) is 0.0894. The fourth-order valence-corrected chi connectivity index (χ4v) is 13.7. The molecule has 4 heterocycles. The highest BCUT2D eigenvalue weighted by Crippen LogP contribution is 2.45. The lowest BCUT2D eigenvalue weighted by molar-refractivity contribution is 0.0512. The van der Waals surface area contributed by atoms with Crippen LogP contribution in [0.3, 0.4) is 0 Å². The zero-order valence-corrected chi connectivity index (χ0v) is 32.0. The van der Waals surface area contributed by atoms with Gasteiger partial charge in [0.15, 0.2) is 12.6 Å². The molecule has 0 amide bonds. The predicted molar refractivity (Wildman–Crippen MR) is 196 cm³/mol. The van der Waals surface area contributed by atoms with E-state index in [4.69, 9.17) is 14.2 Å². The Balaban J connectivity index is 1.71. The summed E-state index contributed by atoms with van der Waals surface area (Å²) in [7, 11) is -4.88. The predicted octanol–water partition coefficient (Wildman–Crippen LogP) is 6.80. The topological polar surface area (TPSA) is 124 Å². The van der Waals surface area contributed by atoms with Crippen LogP contribution in [0.25, 0.3) is 32.9 Å². The Kier molecular flexibility index (Phi) is 10.1. The minimum absolute atomic E-state index is 0.0195. The lowest BCUT2D eigenvalue weighted by Gasteiger charge is -2.38. The lowest BCUT2D eigenvalue weighted by Crippen LogP contribution is -2.51. The van der Waals surface area contributed by atoms with E-state index in [-0.39, 0.29) is 69.4 Å². The number of hydrogen-bond acceptors (Lipinski definition) is 10. The number of piperidine rings is 1. The van der Waals surface area contributed by atoms with Gasteiger partial charge < -0.3 is 24.2 Å². The standard InChI is InChI=1S/C37H44F2N4O6SSi/c1-20(2)51(21(3)4,22(5)6)15-13-25-27(38)12-11-23-16-24(49-19-47-7)17-26(30(23)25)33-32(39)34-31-35(42-37(41-34)50(8,45)46)43-14-9-10-29(44)28(43)18-48-36(31)40-33/h11-12,16-17,20-22,28-29,44H,9-10,14,18-19H2,1-8H3/t28-,29-/m1/s1. The van der Waals surface area contributed by atoms with Crippen molar-refractivity contribution < 1.29 is 36.5 Å². The lowest BCUT2D eigenvalue weighted by atomic mass is 9.95. The van der Waals surface area contributed by atoms with Crippen LogP contribution in [0.1, 0.15) is 59.9 Å². The van der Waals surface area contributed by atoms with E-state index in [2.05, 4.69) is 68.0 Å². The normalized spacial score (nSPS) is 17.8. The van der Waals surface area contributed by atoms with Crippen molar-refractivity contribution in [2.75, 3.05) is 38.2 Å². The van der Waals surface area contributed by atoms with Crippen LogP contribution in [0, 0.1) is 23.1 Å². The molecule has 0 radical (unpaired) electrons. The summed E-state index contributed by atoms with van der Waals surface area (Å²) in [5, 5.41) is 11.3. The summed E-state index contributed by atoms with van der Waals surface area (Å²) in [6.07, 6.45) is 1.25. The highest BCUT2D eigenvalue weighted by Gasteiger charge is 2.42. The van der Waals surface area contributed by atoms with E-state index in [0.29, 0.717) is 35.9 Å². The van der Waals surface area contributed by atoms with Gasteiger partial charge in [-0.05, 0) is 53.1 Å². The van der Waals surface area contributed by atoms with Crippen molar-refractivity contribution in [3.8, 4) is 34.4 Å². The average molecular weight is 739 g/mol. The Morgan fingerprint density at radius 3 is 2.41 bits per heavy atom. The minimum Gasteiger partial charge on any atom is -0.475 e. The summed E-state index contributed by atoms with van der Waals surface area (Å²) in [4.78, 5) is 15.0. The number of methoxy groups -OCH3 is 1. The molecule has 2 aliphatic heterocycles. The molecule has 2 aromatic carbocycles. The third-order valence-corrected chi connectivity index (χ3v) is 17.5. The molecule has 14 heteroatoms. The first-order valence-corrected chi connectivity index (χ1v) is 21.3. The summed E-state index contributed by atoms with van der Waals surface area (Å²) >= 11 is 0. The molecule has 2 aliphatic rings. The monoisotopic (exact) mass is 738 g/mol. The van der Waals surface area contributed by atoms with Gasteiger partial charge in [0.1, 0.15) is 48.7 Å².